The predicted molar refractivity (Wildman–Crippen MR) is 79.5 cm³/mol. The van der Waals surface area contributed by atoms with Crippen LogP contribution in [-0.4, -0.2) is 57.3 Å². The number of thiophene rings is 1. The number of ether oxygens (including phenoxy) is 1. The molecule has 0 aliphatic rings. The number of aromatic carboxylic acids is 1. The summed E-state index contributed by atoms with van der Waals surface area (Å²) >= 11 is 1.08. The average molecular weight is 328 g/mol. The van der Waals surface area contributed by atoms with Crippen LogP contribution < -0.4 is 5.56 Å². The Morgan fingerprint density at radius 3 is 2.86 bits per heavy atom. The van der Waals surface area contributed by atoms with Crippen molar-refractivity contribution in [3.8, 4) is 0 Å². The Morgan fingerprint density at radius 1 is 1.55 bits per heavy atom. The molecular formula is C13H16N2O6S. The normalized spacial score (nSPS) is 12.7. The first-order chi connectivity index (χ1) is 10.5. The van der Waals surface area contributed by atoms with E-state index in [1.807, 2.05) is 0 Å². The van der Waals surface area contributed by atoms with Crippen molar-refractivity contribution in [3.63, 3.8) is 0 Å². The van der Waals surface area contributed by atoms with Gasteiger partial charge in [-0.25, -0.2) is 9.78 Å². The van der Waals surface area contributed by atoms with Crippen molar-refractivity contribution in [1.82, 2.24) is 9.55 Å². The topological polar surface area (TPSA) is 122 Å². The zero-order valence-corrected chi connectivity index (χ0v) is 12.7. The first kappa shape index (κ1) is 16.6. The van der Waals surface area contributed by atoms with E-state index < -0.39 is 24.2 Å². The van der Waals surface area contributed by atoms with E-state index in [0.29, 0.717) is 23.7 Å². The summed E-state index contributed by atoms with van der Waals surface area (Å²) in [6.45, 7) is -0.347. The SMILES string of the molecule is COCCc1nc2scc(C(=O)O)c2c(=O)n1CC(O)CO. The second-order valence-electron chi connectivity index (χ2n) is 4.66. The lowest BCUT2D eigenvalue weighted by Gasteiger charge is -2.15. The van der Waals surface area contributed by atoms with Crippen molar-refractivity contribution in [2.75, 3.05) is 20.3 Å². The maximum Gasteiger partial charge on any atom is 0.337 e. The lowest BCUT2D eigenvalue weighted by atomic mass is 10.2. The molecule has 0 fully saturated rings. The summed E-state index contributed by atoms with van der Waals surface area (Å²) in [5.74, 6) is -0.824. The molecule has 0 radical (unpaired) electrons. The van der Waals surface area contributed by atoms with Gasteiger partial charge in [-0.15, -0.1) is 11.3 Å². The van der Waals surface area contributed by atoms with Gasteiger partial charge >= 0.3 is 5.97 Å². The van der Waals surface area contributed by atoms with Gasteiger partial charge in [-0.3, -0.25) is 9.36 Å². The average Bonchev–Trinajstić information content (AvgIpc) is 2.92. The molecule has 9 heteroatoms. The van der Waals surface area contributed by atoms with E-state index in [4.69, 9.17) is 14.9 Å². The van der Waals surface area contributed by atoms with Crippen molar-refractivity contribution in [2.45, 2.75) is 19.1 Å². The summed E-state index contributed by atoms with van der Waals surface area (Å²) < 4.78 is 6.17. The van der Waals surface area contributed by atoms with Crippen LogP contribution in [0.3, 0.4) is 0 Å². The fraction of sp³-hybridized carbons (Fsp3) is 0.462. The first-order valence-electron chi connectivity index (χ1n) is 6.51. The molecule has 0 amide bonds. The second kappa shape index (κ2) is 6.97. The fourth-order valence-corrected chi connectivity index (χ4v) is 2.99. The summed E-state index contributed by atoms with van der Waals surface area (Å²) in [6, 6.07) is 0. The number of aliphatic hydroxyl groups excluding tert-OH is 2. The van der Waals surface area contributed by atoms with Crippen LogP contribution in [0.5, 0.6) is 0 Å². The number of hydrogen-bond acceptors (Lipinski definition) is 7. The fourth-order valence-electron chi connectivity index (χ4n) is 2.06. The Labute approximate surface area is 129 Å². The molecule has 0 aliphatic heterocycles. The molecule has 0 bridgehead atoms. The largest absolute Gasteiger partial charge is 0.478 e. The van der Waals surface area contributed by atoms with Crippen LogP contribution in [-0.2, 0) is 17.7 Å². The van der Waals surface area contributed by atoms with Gasteiger partial charge in [0.1, 0.15) is 10.7 Å². The molecule has 22 heavy (non-hydrogen) atoms. The minimum absolute atomic E-state index is 0.0174. The number of carbonyl (C=O) groups is 1. The predicted octanol–water partition coefficient (Wildman–Crippen LogP) is -0.302. The summed E-state index contributed by atoms with van der Waals surface area (Å²) in [6.07, 6.45) is -0.801. The number of hydrogen-bond donors (Lipinski definition) is 3. The Bertz CT molecular complexity index is 738. The van der Waals surface area contributed by atoms with E-state index in [9.17, 15) is 14.7 Å². The molecule has 3 N–H and O–H groups in total. The molecule has 0 aromatic carbocycles. The highest BCUT2D eigenvalue weighted by atomic mass is 32.1. The summed E-state index contributed by atoms with van der Waals surface area (Å²) in [5.41, 5.74) is -0.648. The molecule has 1 unspecified atom stereocenters. The lowest BCUT2D eigenvalue weighted by molar-refractivity contribution is 0.0699. The number of rotatable bonds is 7. The third-order valence-electron chi connectivity index (χ3n) is 3.14. The van der Waals surface area contributed by atoms with Gasteiger partial charge in [0.2, 0.25) is 0 Å². The maximum atomic E-state index is 12.6. The molecule has 0 aliphatic carbocycles. The molecule has 0 saturated heterocycles. The number of carboxylic acid groups (broad SMARTS) is 1. The van der Waals surface area contributed by atoms with E-state index in [1.165, 1.54) is 17.1 Å². The third kappa shape index (κ3) is 3.17. The highest BCUT2D eigenvalue weighted by Crippen LogP contribution is 2.22. The van der Waals surface area contributed by atoms with Crippen LogP contribution in [0.1, 0.15) is 16.2 Å². The Balaban J connectivity index is 2.64. The summed E-state index contributed by atoms with van der Waals surface area (Å²) in [7, 11) is 1.51. The van der Waals surface area contributed by atoms with Gasteiger partial charge in [-0.2, -0.15) is 0 Å². The Hall–Kier alpha value is -1.81. The van der Waals surface area contributed by atoms with Crippen molar-refractivity contribution in [3.05, 3.63) is 27.1 Å². The summed E-state index contributed by atoms with van der Waals surface area (Å²) in [5, 5.41) is 29.1. The van der Waals surface area contributed by atoms with Crippen molar-refractivity contribution in [2.24, 2.45) is 0 Å². The zero-order chi connectivity index (χ0) is 16.3. The number of aromatic nitrogens is 2. The number of methoxy groups -OCH3 is 1. The molecule has 2 rings (SSSR count). The van der Waals surface area contributed by atoms with Crippen molar-refractivity contribution >= 4 is 27.5 Å². The zero-order valence-electron chi connectivity index (χ0n) is 11.9. The van der Waals surface area contributed by atoms with E-state index in [-0.39, 0.29) is 17.5 Å². The Morgan fingerprint density at radius 2 is 2.27 bits per heavy atom. The molecule has 120 valence electrons. The van der Waals surface area contributed by atoms with E-state index >= 15 is 0 Å². The van der Waals surface area contributed by atoms with Crippen molar-refractivity contribution in [1.29, 1.82) is 0 Å². The maximum absolute atomic E-state index is 12.6. The van der Waals surface area contributed by atoms with E-state index in [0.717, 1.165) is 11.3 Å². The molecule has 1 atom stereocenters. The number of fused-ring (bicyclic) bond motifs is 1. The number of carboxylic acids is 1. The van der Waals surface area contributed by atoms with Gasteiger partial charge in [-0.1, -0.05) is 0 Å². The smallest absolute Gasteiger partial charge is 0.337 e. The summed E-state index contributed by atoms with van der Waals surface area (Å²) in [4.78, 5) is 28.4. The van der Waals surface area contributed by atoms with Gasteiger partial charge in [0.05, 0.1) is 36.8 Å². The van der Waals surface area contributed by atoms with Gasteiger partial charge < -0.3 is 20.1 Å². The van der Waals surface area contributed by atoms with Crippen LogP contribution in [0.2, 0.25) is 0 Å². The third-order valence-corrected chi connectivity index (χ3v) is 4.01. The minimum atomic E-state index is -1.20. The van der Waals surface area contributed by atoms with Crippen LogP contribution in [0.4, 0.5) is 0 Å². The van der Waals surface area contributed by atoms with Crippen LogP contribution in [0, 0.1) is 0 Å². The van der Waals surface area contributed by atoms with E-state index in [1.54, 1.807) is 0 Å². The van der Waals surface area contributed by atoms with Crippen LogP contribution in [0.25, 0.3) is 10.2 Å². The molecule has 2 heterocycles. The van der Waals surface area contributed by atoms with Crippen molar-refractivity contribution < 1.29 is 24.9 Å². The van der Waals surface area contributed by atoms with E-state index in [2.05, 4.69) is 4.98 Å². The number of nitrogens with zero attached hydrogens (tertiary/aromatic N) is 2. The quantitative estimate of drug-likeness (QED) is 0.638. The van der Waals surface area contributed by atoms with Gasteiger partial charge in [0, 0.05) is 18.9 Å². The molecule has 0 spiro atoms. The standard InChI is InChI=1S/C13H16N2O6S/c1-21-3-2-9-14-11-10(8(6-22-11)13(19)20)12(18)15(9)4-7(17)5-16/h6-7,16-17H,2-5H2,1H3,(H,19,20). The highest BCUT2D eigenvalue weighted by Gasteiger charge is 2.20. The molecule has 2 aromatic heterocycles. The van der Waals surface area contributed by atoms with Gasteiger partial charge in [-0.05, 0) is 0 Å². The molecule has 8 nitrogen and oxygen atoms in total. The molecule has 0 saturated carbocycles. The Kier molecular flexibility index (Phi) is 5.24. The molecular weight excluding hydrogens is 312 g/mol. The van der Waals surface area contributed by atoms with Gasteiger partial charge in [0.15, 0.2) is 0 Å². The second-order valence-corrected chi connectivity index (χ2v) is 5.52. The minimum Gasteiger partial charge on any atom is -0.478 e. The first-order valence-corrected chi connectivity index (χ1v) is 7.39. The lowest BCUT2D eigenvalue weighted by Crippen LogP contribution is -2.32. The monoisotopic (exact) mass is 328 g/mol. The van der Waals surface area contributed by atoms with Crippen LogP contribution >= 0.6 is 11.3 Å². The number of aliphatic hydroxyl groups is 2. The van der Waals surface area contributed by atoms with Gasteiger partial charge in [0.25, 0.3) is 5.56 Å². The van der Waals surface area contributed by atoms with Crippen LogP contribution in [0.15, 0.2) is 10.2 Å². The molecule has 2 aromatic rings. The highest BCUT2D eigenvalue weighted by molar-refractivity contribution is 7.17.